The van der Waals surface area contributed by atoms with E-state index in [1.165, 1.54) is 0 Å². The van der Waals surface area contributed by atoms with Crippen LogP contribution in [0, 0.1) is 13.8 Å². The van der Waals surface area contributed by atoms with Gasteiger partial charge in [-0.1, -0.05) is 6.08 Å². The van der Waals surface area contributed by atoms with E-state index in [1.807, 2.05) is 14.0 Å². The number of hydrogen-bond donors (Lipinski definition) is 1. The number of aryl methyl sites for hydroxylation is 1. The second-order valence-corrected chi connectivity index (χ2v) is 7.25. The molecular formula is C14H24N4O2S. The highest BCUT2D eigenvalue weighted by Gasteiger charge is 2.39. The molecule has 0 spiro atoms. The van der Waals surface area contributed by atoms with Crippen LogP contribution in [0.5, 0.6) is 0 Å². The zero-order valence-electron chi connectivity index (χ0n) is 13.0. The Morgan fingerprint density at radius 2 is 2.14 bits per heavy atom. The molecule has 1 aromatic rings. The Kier molecular flexibility index (Phi) is 4.85. The van der Waals surface area contributed by atoms with Gasteiger partial charge in [-0.2, -0.15) is 9.40 Å². The summed E-state index contributed by atoms with van der Waals surface area (Å²) in [6, 6.07) is 0.118. The van der Waals surface area contributed by atoms with Gasteiger partial charge in [-0.05, 0) is 33.7 Å². The van der Waals surface area contributed by atoms with E-state index in [-0.39, 0.29) is 6.04 Å². The van der Waals surface area contributed by atoms with E-state index in [2.05, 4.69) is 17.0 Å². The second kappa shape index (κ2) is 6.29. The van der Waals surface area contributed by atoms with Crippen LogP contribution < -0.4 is 5.32 Å². The van der Waals surface area contributed by atoms with Crippen LogP contribution in [0.4, 0.5) is 0 Å². The fraction of sp³-hybridized carbons (Fsp3) is 0.643. The van der Waals surface area contributed by atoms with Crippen molar-refractivity contribution < 1.29 is 8.42 Å². The van der Waals surface area contributed by atoms with E-state index in [9.17, 15) is 8.42 Å². The number of nitrogens with one attached hydrogen (secondary N) is 1. The molecule has 0 bridgehead atoms. The molecule has 7 heteroatoms. The van der Waals surface area contributed by atoms with Crippen molar-refractivity contribution in [3.05, 3.63) is 24.0 Å². The van der Waals surface area contributed by atoms with Gasteiger partial charge in [0.2, 0.25) is 10.0 Å². The lowest BCUT2D eigenvalue weighted by Crippen LogP contribution is -2.34. The van der Waals surface area contributed by atoms with Crippen molar-refractivity contribution in [2.24, 2.45) is 0 Å². The molecule has 118 valence electrons. The first-order valence-corrected chi connectivity index (χ1v) is 8.68. The molecule has 2 rings (SSSR count). The molecule has 1 aliphatic carbocycles. The van der Waals surface area contributed by atoms with Crippen molar-refractivity contribution in [3.63, 3.8) is 0 Å². The van der Waals surface area contributed by atoms with Crippen LogP contribution in [0.1, 0.15) is 24.2 Å². The first-order chi connectivity index (χ1) is 9.93. The predicted molar refractivity (Wildman–Crippen MR) is 82.7 cm³/mol. The minimum atomic E-state index is -3.51. The highest BCUT2D eigenvalue weighted by atomic mass is 32.2. The molecule has 0 radical (unpaired) electrons. The zero-order valence-corrected chi connectivity index (χ0v) is 13.8. The van der Waals surface area contributed by atoms with Gasteiger partial charge in [0.05, 0.1) is 17.9 Å². The molecule has 0 saturated heterocycles. The minimum Gasteiger partial charge on any atom is -0.318 e. The molecule has 0 amide bonds. The first kappa shape index (κ1) is 16.2. The lowest BCUT2D eigenvalue weighted by molar-refractivity contribution is 0.435. The maximum atomic E-state index is 12.9. The molecule has 0 aliphatic heterocycles. The van der Waals surface area contributed by atoms with Crippen LogP contribution in [0.15, 0.2) is 17.6 Å². The summed E-state index contributed by atoms with van der Waals surface area (Å²) in [5, 5.41) is 7.43. The largest absolute Gasteiger partial charge is 0.318 e. The van der Waals surface area contributed by atoms with Crippen LogP contribution in [-0.2, 0) is 16.6 Å². The van der Waals surface area contributed by atoms with Gasteiger partial charge in [-0.25, -0.2) is 8.42 Å². The topological polar surface area (TPSA) is 67.2 Å². The van der Waals surface area contributed by atoms with Gasteiger partial charge in [0.15, 0.2) is 0 Å². The van der Waals surface area contributed by atoms with Gasteiger partial charge < -0.3 is 5.32 Å². The average Bonchev–Trinajstić information content (AvgIpc) is 3.20. The SMILES string of the molecule is C=CCN(C1CC1)S(=O)(=O)c1c(C)nn(CCNC)c1C. The summed E-state index contributed by atoms with van der Waals surface area (Å²) in [4.78, 5) is 0.354. The van der Waals surface area contributed by atoms with Crippen LogP contribution >= 0.6 is 0 Å². The normalized spacial score (nSPS) is 15.6. The summed E-state index contributed by atoms with van der Waals surface area (Å²) in [6.07, 6.45) is 3.50. The van der Waals surface area contributed by atoms with E-state index in [0.29, 0.717) is 29.4 Å². The monoisotopic (exact) mass is 312 g/mol. The summed E-state index contributed by atoms with van der Waals surface area (Å²) in [5.74, 6) is 0. The predicted octanol–water partition coefficient (Wildman–Crippen LogP) is 1.06. The van der Waals surface area contributed by atoms with Crippen molar-refractivity contribution in [1.29, 1.82) is 0 Å². The van der Waals surface area contributed by atoms with E-state index in [1.54, 1.807) is 22.0 Å². The highest BCUT2D eigenvalue weighted by molar-refractivity contribution is 7.89. The molecule has 1 fully saturated rings. The molecule has 1 aromatic heterocycles. The van der Waals surface area contributed by atoms with E-state index >= 15 is 0 Å². The van der Waals surface area contributed by atoms with E-state index < -0.39 is 10.0 Å². The number of hydrogen-bond acceptors (Lipinski definition) is 4. The second-order valence-electron chi connectivity index (χ2n) is 5.42. The summed E-state index contributed by atoms with van der Waals surface area (Å²) in [5.41, 5.74) is 1.27. The molecule has 0 unspecified atom stereocenters. The summed E-state index contributed by atoms with van der Waals surface area (Å²) >= 11 is 0. The molecule has 1 heterocycles. The average molecular weight is 312 g/mol. The van der Waals surface area contributed by atoms with Crippen LogP contribution in [0.2, 0.25) is 0 Å². The first-order valence-electron chi connectivity index (χ1n) is 7.24. The Morgan fingerprint density at radius 1 is 1.48 bits per heavy atom. The Morgan fingerprint density at radius 3 is 2.67 bits per heavy atom. The van der Waals surface area contributed by atoms with Gasteiger partial charge in [0.25, 0.3) is 0 Å². The van der Waals surface area contributed by atoms with Crippen molar-refractivity contribution >= 4 is 10.0 Å². The number of likely N-dealkylation sites (N-methyl/N-ethyl adjacent to an activating group) is 1. The van der Waals surface area contributed by atoms with Gasteiger partial charge in [0, 0.05) is 19.1 Å². The fourth-order valence-electron chi connectivity index (χ4n) is 2.54. The Hall–Kier alpha value is -1.18. The Balaban J connectivity index is 2.39. The lowest BCUT2D eigenvalue weighted by atomic mass is 10.4. The molecule has 0 atom stereocenters. The third-order valence-corrected chi connectivity index (χ3v) is 5.89. The number of nitrogens with zero attached hydrogens (tertiary/aromatic N) is 3. The lowest BCUT2D eigenvalue weighted by Gasteiger charge is -2.20. The standard InChI is InChI=1S/C14H24N4O2S/c1-5-9-18(13-6-7-13)21(19,20)14-11(2)16-17(12(14)3)10-8-15-4/h5,13,15H,1,6-10H2,2-4H3. The van der Waals surface area contributed by atoms with E-state index in [4.69, 9.17) is 0 Å². The van der Waals surface area contributed by atoms with Crippen molar-refractivity contribution in [2.45, 2.75) is 44.2 Å². The molecular weight excluding hydrogens is 288 g/mol. The van der Waals surface area contributed by atoms with Gasteiger partial charge in [-0.3, -0.25) is 4.68 Å². The Labute approximate surface area is 126 Å². The van der Waals surface area contributed by atoms with Gasteiger partial charge in [-0.15, -0.1) is 6.58 Å². The number of sulfonamides is 1. The minimum absolute atomic E-state index is 0.118. The molecule has 6 nitrogen and oxygen atoms in total. The number of rotatable bonds is 8. The van der Waals surface area contributed by atoms with Crippen molar-refractivity contribution in [3.8, 4) is 0 Å². The Bertz CT molecular complexity index is 617. The summed E-state index contributed by atoms with van der Waals surface area (Å²) < 4.78 is 29.2. The summed E-state index contributed by atoms with van der Waals surface area (Å²) in [7, 11) is -1.64. The molecule has 21 heavy (non-hydrogen) atoms. The maximum Gasteiger partial charge on any atom is 0.247 e. The van der Waals surface area contributed by atoms with Crippen molar-refractivity contribution in [2.75, 3.05) is 20.1 Å². The zero-order chi connectivity index (χ0) is 15.6. The third kappa shape index (κ3) is 3.20. The molecule has 1 saturated carbocycles. The summed E-state index contributed by atoms with van der Waals surface area (Å²) in [6.45, 7) is 9.01. The molecule has 1 aliphatic rings. The van der Waals surface area contributed by atoms with Crippen molar-refractivity contribution in [1.82, 2.24) is 19.4 Å². The molecule has 0 aromatic carbocycles. The van der Waals surface area contributed by atoms with Gasteiger partial charge in [0.1, 0.15) is 4.90 Å². The maximum absolute atomic E-state index is 12.9. The van der Waals surface area contributed by atoms with Crippen LogP contribution in [0.25, 0.3) is 0 Å². The highest BCUT2D eigenvalue weighted by Crippen LogP contribution is 2.33. The van der Waals surface area contributed by atoms with Crippen LogP contribution in [0.3, 0.4) is 0 Å². The van der Waals surface area contributed by atoms with Gasteiger partial charge >= 0.3 is 0 Å². The smallest absolute Gasteiger partial charge is 0.247 e. The fourth-order valence-corrected chi connectivity index (χ4v) is 4.57. The quantitative estimate of drug-likeness (QED) is 0.729. The van der Waals surface area contributed by atoms with E-state index in [0.717, 1.165) is 19.4 Å². The molecule has 1 N–H and O–H groups in total. The number of aromatic nitrogens is 2. The third-order valence-electron chi connectivity index (χ3n) is 3.72. The van der Waals surface area contributed by atoms with Crippen LogP contribution in [-0.4, -0.2) is 48.7 Å².